The van der Waals surface area contributed by atoms with Gasteiger partial charge in [-0.25, -0.2) is 29.1 Å². The minimum atomic E-state index is -1.30. The molecule has 9 N–H and O–H groups in total. The number of hydrogen-bond donors (Lipinski definition) is 6. The molecule has 21 nitrogen and oxygen atoms in total. The third kappa shape index (κ3) is 21.7. The van der Waals surface area contributed by atoms with Crippen molar-refractivity contribution in [2.24, 2.45) is 17.2 Å². The van der Waals surface area contributed by atoms with Crippen LogP contribution in [0.4, 0.5) is 31.4 Å². The summed E-state index contributed by atoms with van der Waals surface area (Å²) in [5, 5.41) is 17.2. The Morgan fingerprint density at radius 3 is 0.840 bits per heavy atom. The van der Waals surface area contributed by atoms with Gasteiger partial charge in [-0.15, -0.1) is 34.0 Å². The topological polar surface area (TPSA) is 305 Å². The Bertz CT molecular complexity index is 4100. The Morgan fingerprint density at radius 1 is 0.358 bits per heavy atom. The van der Waals surface area contributed by atoms with E-state index in [4.69, 9.17) is 31.4 Å². The summed E-state index contributed by atoms with van der Waals surface area (Å²) in [5.41, 5.74) is 20.1. The zero-order chi connectivity index (χ0) is 76.5. The predicted octanol–water partition coefficient (Wildman–Crippen LogP) is 15.8. The fraction of sp³-hybridized carbons (Fsp3) is 0.378. The molecule has 0 fully saturated rings. The fourth-order valence-electron chi connectivity index (χ4n) is 12.5. The lowest BCUT2D eigenvalue weighted by Gasteiger charge is -2.31. The zero-order valence-corrected chi connectivity index (χ0v) is 64.2. The molecule has 3 aromatic heterocycles. The van der Waals surface area contributed by atoms with Gasteiger partial charge in [-0.1, -0.05) is 91.0 Å². The maximum atomic E-state index is 14.9. The van der Waals surface area contributed by atoms with Crippen molar-refractivity contribution in [2.75, 3.05) is 35.6 Å². The smallest absolute Gasteiger partial charge is 0.417 e. The number of nitrogens with one attached hydrogen (secondary N) is 3. The molecule has 560 valence electrons. The summed E-state index contributed by atoms with van der Waals surface area (Å²) in [6, 6.07) is 40.3. The number of anilines is 3. The molecule has 24 heteroatoms. The largest absolute Gasteiger partial charge is 0.443 e. The van der Waals surface area contributed by atoms with Crippen molar-refractivity contribution in [1.29, 1.82) is 0 Å². The molecule has 3 heterocycles. The fourth-order valence-corrected chi connectivity index (χ4v) is 15.4. The summed E-state index contributed by atoms with van der Waals surface area (Å²) in [7, 11) is 0. The van der Waals surface area contributed by atoms with Crippen molar-refractivity contribution < 1.29 is 57.4 Å². The lowest BCUT2D eigenvalue weighted by Crippen LogP contribution is -2.52. The summed E-state index contributed by atoms with van der Waals surface area (Å²) in [5.74, 6) is -4.31. The van der Waals surface area contributed by atoms with Crippen LogP contribution in [0.2, 0.25) is 0 Å². The Kier molecular flexibility index (Phi) is 27.7. The van der Waals surface area contributed by atoms with Crippen molar-refractivity contribution in [1.82, 2.24) is 14.7 Å². The molecule has 9 amide bonds. The van der Waals surface area contributed by atoms with Gasteiger partial charge in [0.15, 0.2) is 0 Å². The lowest BCUT2D eigenvalue weighted by atomic mass is 9.85. The first-order chi connectivity index (χ1) is 50.5. The van der Waals surface area contributed by atoms with E-state index in [2.05, 4.69) is 16.0 Å². The second-order valence-corrected chi connectivity index (χ2v) is 31.9. The predicted molar refractivity (Wildman–Crippen MR) is 422 cm³/mol. The normalized spacial score (nSPS) is 12.7. The monoisotopic (exact) mass is 1500 g/mol. The molecule has 6 aromatic carbocycles. The van der Waals surface area contributed by atoms with Crippen molar-refractivity contribution in [2.45, 2.75) is 180 Å². The summed E-state index contributed by atoms with van der Waals surface area (Å²) >= 11 is 4.43. The molecule has 0 radical (unpaired) electrons. The molecule has 0 saturated carbocycles. The van der Waals surface area contributed by atoms with Crippen LogP contribution >= 0.6 is 34.0 Å². The number of carbonyl (C=O) groups excluding carboxylic acids is 9. The Labute approximate surface area is 631 Å². The van der Waals surface area contributed by atoms with Crippen LogP contribution < -0.4 is 33.2 Å². The van der Waals surface area contributed by atoms with E-state index < -0.39 is 94.6 Å². The van der Waals surface area contributed by atoms with Gasteiger partial charge in [-0.05, 0) is 260 Å². The number of hydrogen-bond acceptors (Lipinski definition) is 18. The molecular formula is C82H97N9O12S3. The Morgan fingerprint density at radius 2 is 0.604 bits per heavy atom. The second kappa shape index (κ2) is 36.5. The number of imide groups is 3. The first-order valence-corrected chi connectivity index (χ1v) is 38.5. The molecule has 0 aliphatic heterocycles. The van der Waals surface area contributed by atoms with E-state index in [9.17, 15) is 43.2 Å². The number of nitrogens with two attached hydrogens (primary N) is 3. The standard InChI is InChI=1S/C82H97N9O12S3/c1-80(2,3)101-77(98)89(70(92)46-55-49-104-67-28-13-10-22-61(55)67)64(25-16-19-43-83)74(95)86-58-37-31-52(32-38-58)73(53-33-39-59(40-34-53)87-75(96)65(26-17-20-44-84)90(78(99)102-81(4,5)6)71(93)47-56-50-105-68-29-14-11-23-62(56)68)54-35-41-60(42-36-54)88-76(97)66(27-18-21-45-85)91(79(100)103-82(7,8)9)72(94)48-57-51-106-69-30-15-12-24-63(57)69/h10-15,22-24,28-42,49-51,64-66,73H,16-21,25-27,43-48,83-85H2,1-9H3,(H,86,95)(H,87,96)(H,88,97)/t64-,65-,66-/m0/s1. The van der Waals surface area contributed by atoms with Gasteiger partial charge in [0.1, 0.15) is 34.9 Å². The summed E-state index contributed by atoms with van der Waals surface area (Å²) in [4.78, 5) is 134. The van der Waals surface area contributed by atoms with Crippen molar-refractivity contribution in [3.8, 4) is 0 Å². The zero-order valence-electron chi connectivity index (χ0n) is 61.7. The number of carbonyl (C=O) groups is 9. The van der Waals surface area contributed by atoms with E-state index in [0.717, 1.165) is 61.6 Å². The highest BCUT2D eigenvalue weighted by Gasteiger charge is 2.41. The molecule has 0 aliphatic carbocycles. The molecule has 9 rings (SSSR count). The molecule has 0 spiro atoms. The highest BCUT2D eigenvalue weighted by molar-refractivity contribution is 7.18. The second-order valence-electron chi connectivity index (χ2n) is 29.2. The number of nitrogens with zero attached hydrogens (tertiary/aromatic N) is 3. The number of unbranched alkanes of at least 4 members (excludes halogenated alkanes) is 3. The summed E-state index contributed by atoms with van der Waals surface area (Å²) in [6.07, 6.45) is -0.334. The van der Waals surface area contributed by atoms with Crippen LogP contribution in [-0.4, -0.2) is 123 Å². The average molecular weight is 1500 g/mol. The number of ether oxygens (including phenoxy) is 3. The van der Waals surface area contributed by atoms with E-state index in [1.165, 1.54) is 34.0 Å². The van der Waals surface area contributed by atoms with Gasteiger partial charge in [0, 0.05) is 37.1 Å². The first-order valence-electron chi connectivity index (χ1n) is 35.9. The van der Waals surface area contributed by atoms with Crippen LogP contribution in [-0.2, 0) is 62.2 Å². The maximum absolute atomic E-state index is 14.9. The minimum absolute atomic E-state index is 0.0932. The van der Waals surface area contributed by atoms with Gasteiger partial charge < -0.3 is 47.4 Å². The number of rotatable bonds is 30. The number of fused-ring (bicyclic) bond motifs is 3. The molecular weight excluding hydrogens is 1400 g/mol. The van der Waals surface area contributed by atoms with Crippen molar-refractivity contribution >= 4 is 135 Å². The number of benzene rings is 6. The molecule has 9 aromatic rings. The molecule has 3 atom stereocenters. The Balaban J connectivity index is 1.05. The van der Waals surface area contributed by atoms with Gasteiger partial charge in [0.2, 0.25) is 35.4 Å². The van der Waals surface area contributed by atoms with Gasteiger partial charge in [0.05, 0.1) is 19.3 Å². The third-order valence-electron chi connectivity index (χ3n) is 17.5. The SMILES string of the molecule is CC(C)(C)OC(=O)N(C(=O)Cc1csc2ccccc12)[C@@H](CCCCN)C(=O)Nc1ccc(C(c2ccc(NC(=O)[C@H](CCCCN)N(C(=O)Cc3csc4ccccc34)C(=O)OC(C)(C)C)cc2)c2ccc(NC(=O)[C@H](CCCCN)N(C(=O)Cc3csc4ccccc34)C(=O)OC(C)(C)C)cc2)cc1. The van der Waals surface area contributed by atoms with Crippen LogP contribution in [0.3, 0.4) is 0 Å². The molecule has 0 unspecified atom stereocenters. The van der Waals surface area contributed by atoms with Crippen LogP contribution in [0.15, 0.2) is 162 Å². The van der Waals surface area contributed by atoms with Crippen LogP contribution in [0.25, 0.3) is 30.3 Å². The lowest BCUT2D eigenvalue weighted by molar-refractivity contribution is -0.137. The van der Waals surface area contributed by atoms with Crippen LogP contribution in [0.5, 0.6) is 0 Å². The molecule has 0 saturated heterocycles. The molecule has 106 heavy (non-hydrogen) atoms. The minimum Gasteiger partial charge on any atom is -0.443 e. The summed E-state index contributed by atoms with van der Waals surface area (Å²) in [6.45, 7) is 16.1. The Hall–Kier alpha value is -9.69. The highest BCUT2D eigenvalue weighted by Crippen LogP contribution is 2.37. The number of thiophene rings is 3. The van der Waals surface area contributed by atoms with Crippen LogP contribution in [0, 0.1) is 0 Å². The van der Waals surface area contributed by atoms with Crippen molar-refractivity contribution in [3.63, 3.8) is 0 Å². The van der Waals surface area contributed by atoms with Gasteiger partial charge >= 0.3 is 18.3 Å². The third-order valence-corrected chi connectivity index (χ3v) is 20.5. The van der Waals surface area contributed by atoms with E-state index >= 15 is 0 Å². The average Bonchev–Trinajstić information content (AvgIpc) is 0.939. The highest BCUT2D eigenvalue weighted by atomic mass is 32.1. The van der Waals surface area contributed by atoms with E-state index in [1.807, 2.05) is 125 Å². The summed E-state index contributed by atoms with van der Waals surface area (Å²) < 4.78 is 20.4. The molecule has 0 bridgehead atoms. The molecule has 0 aliphatic rings. The van der Waals surface area contributed by atoms with Gasteiger partial charge in [-0.2, -0.15) is 0 Å². The first kappa shape index (κ1) is 80.4. The van der Waals surface area contributed by atoms with Crippen LogP contribution in [0.1, 0.15) is 159 Å². The van der Waals surface area contributed by atoms with E-state index in [0.29, 0.717) is 91.9 Å². The quantitative estimate of drug-likeness (QED) is 0.0138. The van der Waals surface area contributed by atoms with Gasteiger partial charge in [-0.3, -0.25) is 28.8 Å². The number of amides is 9. The van der Waals surface area contributed by atoms with E-state index in [-0.39, 0.29) is 38.5 Å². The van der Waals surface area contributed by atoms with E-state index in [1.54, 1.807) is 98.7 Å². The van der Waals surface area contributed by atoms with Gasteiger partial charge in [0.25, 0.3) is 0 Å². The van der Waals surface area contributed by atoms with Crippen molar-refractivity contribution in [3.05, 3.63) is 195 Å². The maximum Gasteiger partial charge on any atom is 0.417 e.